The highest BCUT2D eigenvalue weighted by Gasteiger charge is 2.48. The lowest BCUT2D eigenvalue weighted by atomic mass is 9.84. The fourth-order valence-corrected chi connectivity index (χ4v) is 4.06. The van der Waals surface area contributed by atoms with E-state index in [1.54, 1.807) is 19.1 Å². The van der Waals surface area contributed by atoms with Crippen molar-refractivity contribution in [1.82, 2.24) is 0 Å². The number of Topliss-reactive ketones (excluding diaryl/α,β-unsaturated/α-hetero) is 1. The van der Waals surface area contributed by atoms with Gasteiger partial charge in [0.15, 0.2) is 0 Å². The quantitative estimate of drug-likeness (QED) is 0.306. The minimum Gasteiger partial charge on any atom is -0.507 e. The first-order chi connectivity index (χ1) is 15.5. The Bertz CT molecular complexity index is 1280. The molecule has 4 rings (SSSR count). The number of anilines is 1. The number of aliphatic hydroxyl groups is 1. The van der Waals surface area contributed by atoms with Crippen molar-refractivity contribution in [2.24, 2.45) is 0 Å². The Morgan fingerprint density at radius 1 is 1.00 bits per heavy atom. The van der Waals surface area contributed by atoms with Gasteiger partial charge in [0.2, 0.25) is 0 Å². The molecule has 5 nitrogen and oxygen atoms in total. The summed E-state index contributed by atoms with van der Waals surface area (Å²) in [6.45, 7) is 9.76. The second-order valence-electron chi connectivity index (χ2n) is 9.37. The van der Waals surface area contributed by atoms with Crippen LogP contribution in [0.4, 0.5) is 10.1 Å². The van der Waals surface area contributed by atoms with Crippen molar-refractivity contribution in [3.05, 3.63) is 94.2 Å². The van der Waals surface area contributed by atoms with E-state index in [9.17, 15) is 19.1 Å². The van der Waals surface area contributed by atoms with Crippen LogP contribution in [0.5, 0.6) is 0 Å². The standard InChI is InChI=1S/C27H26FNO4/c1-15-6-8-17(27(3,4)5)14-20(15)24(30)22-23(21-13-7-16(2)33-21)29(26(32)25(22)31)19-11-9-18(28)10-12-19/h6-14,23,30H,1-5H3/b24-22+. The van der Waals surface area contributed by atoms with Gasteiger partial charge in [0, 0.05) is 11.3 Å². The molecule has 1 N–H and O–H groups in total. The molecule has 1 fully saturated rings. The van der Waals surface area contributed by atoms with E-state index in [0.29, 0.717) is 22.8 Å². The summed E-state index contributed by atoms with van der Waals surface area (Å²) in [4.78, 5) is 27.6. The van der Waals surface area contributed by atoms with Crippen molar-refractivity contribution >= 4 is 23.1 Å². The number of amides is 1. The minimum atomic E-state index is -0.984. The van der Waals surface area contributed by atoms with Gasteiger partial charge in [0.1, 0.15) is 29.1 Å². The van der Waals surface area contributed by atoms with Crippen molar-refractivity contribution in [3.8, 4) is 0 Å². The van der Waals surface area contributed by atoms with Gasteiger partial charge in [0.05, 0.1) is 5.57 Å². The summed E-state index contributed by atoms with van der Waals surface area (Å²) in [6, 6.07) is 13.4. The topological polar surface area (TPSA) is 70.8 Å². The van der Waals surface area contributed by atoms with E-state index in [0.717, 1.165) is 11.1 Å². The molecule has 33 heavy (non-hydrogen) atoms. The number of ketones is 1. The molecule has 1 atom stereocenters. The first kappa shape index (κ1) is 22.5. The molecule has 6 heteroatoms. The number of halogens is 1. The van der Waals surface area contributed by atoms with Crippen molar-refractivity contribution < 1.29 is 23.5 Å². The molecule has 1 aromatic heterocycles. The maximum Gasteiger partial charge on any atom is 0.300 e. The Kier molecular flexibility index (Phi) is 5.48. The lowest BCUT2D eigenvalue weighted by molar-refractivity contribution is -0.132. The molecular weight excluding hydrogens is 421 g/mol. The van der Waals surface area contributed by atoms with Crippen LogP contribution in [0, 0.1) is 19.7 Å². The molecular formula is C27H26FNO4. The van der Waals surface area contributed by atoms with Gasteiger partial charge in [-0.3, -0.25) is 14.5 Å². The molecule has 2 heterocycles. The summed E-state index contributed by atoms with van der Waals surface area (Å²) in [5.74, 6) is -1.43. The number of aliphatic hydroxyl groups excluding tert-OH is 1. The third-order valence-electron chi connectivity index (χ3n) is 5.94. The lowest BCUT2D eigenvalue weighted by Crippen LogP contribution is -2.29. The van der Waals surface area contributed by atoms with Gasteiger partial charge in [-0.05, 0) is 72.9 Å². The summed E-state index contributed by atoms with van der Waals surface area (Å²) in [5.41, 5.74) is 2.31. The summed E-state index contributed by atoms with van der Waals surface area (Å²) < 4.78 is 19.3. The molecule has 1 aliphatic heterocycles. The van der Waals surface area contributed by atoms with E-state index >= 15 is 0 Å². The van der Waals surface area contributed by atoms with Crippen LogP contribution >= 0.6 is 0 Å². The molecule has 1 amide bonds. The number of benzene rings is 2. The molecule has 1 aliphatic rings. The molecule has 0 bridgehead atoms. The predicted octanol–water partition coefficient (Wildman–Crippen LogP) is 5.96. The average molecular weight is 448 g/mol. The minimum absolute atomic E-state index is 0.0622. The maximum absolute atomic E-state index is 13.5. The zero-order chi connectivity index (χ0) is 24.1. The molecule has 0 aliphatic carbocycles. The molecule has 0 spiro atoms. The highest BCUT2D eigenvalue weighted by molar-refractivity contribution is 6.51. The molecule has 3 aromatic rings. The number of aryl methyl sites for hydroxylation is 2. The van der Waals surface area contributed by atoms with Crippen molar-refractivity contribution in [1.29, 1.82) is 0 Å². The molecule has 1 saturated heterocycles. The number of hydrogen-bond donors (Lipinski definition) is 1. The van der Waals surface area contributed by atoms with Gasteiger partial charge in [-0.1, -0.05) is 32.9 Å². The van der Waals surface area contributed by atoms with E-state index in [4.69, 9.17) is 4.42 Å². The van der Waals surface area contributed by atoms with Crippen LogP contribution in [-0.2, 0) is 15.0 Å². The van der Waals surface area contributed by atoms with Crippen LogP contribution in [0.1, 0.15) is 55.0 Å². The zero-order valence-corrected chi connectivity index (χ0v) is 19.3. The SMILES string of the molecule is Cc1ccc(C2/C(=C(\O)c3cc(C(C)(C)C)ccc3C)C(=O)C(=O)N2c2ccc(F)cc2)o1. The Labute approximate surface area is 192 Å². The molecule has 170 valence electrons. The van der Waals surface area contributed by atoms with Crippen LogP contribution in [0.25, 0.3) is 5.76 Å². The number of hydrogen-bond acceptors (Lipinski definition) is 4. The van der Waals surface area contributed by atoms with E-state index in [1.165, 1.54) is 29.2 Å². The Balaban J connectivity index is 1.96. The largest absolute Gasteiger partial charge is 0.507 e. The Morgan fingerprint density at radius 2 is 1.67 bits per heavy atom. The monoisotopic (exact) mass is 447 g/mol. The number of rotatable bonds is 3. The van der Waals surface area contributed by atoms with Gasteiger partial charge in [-0.15, -0.1) is 0 Å². The summed E-state index contributed by atoms with van der Waals surface area (Å²) >= 11 is 0. The van der Waals surface area contributed by atoms with E-state index < -0.39 is 23.5 Å². The molecule has 1 unspecified atom stereocenters. The van der Waals surface area contributed by atoms with E-state index in [2.05, 4.69) is 20.8 Å². The van der Waals surface area contributed by atoms with Crippen molar-refractivity contribution in [3.63, 3.8) is 0 Å². The number of furan rings is 1. The number of carbonyl (C=O) groups is 2. The third-order valence-corrected chi connectivity index (χ3v) is 5.94. The van der Waals surface area contributed by atoms with E-state index in [1.807, 2.05) is 25.1 Å². The van der Waals surface area contributed by atoms with Gasteiger partial charge < -0.3 is 9.52 Å². The second kappa shape index (κ2) is 8.03. The smallest absolute Gasteiger partial charge is 0.300 e. The van der Waals surface area contributed by atoms with Gasteiger partial charge in [-0.2, -0.15) is 0 Å². The van der Waals surface area contributed by atoms with Crippen LogP contribution in [0.15, 0.2) is 64.6 Å². The van der Waals surface area contributed by atoms with Crippen molar-refractivity contribution in [2.75, 3.05) is 4.90 Å². The predicted molar refractivity (Wildman–Crippen MR) is 125 cm³/mol. The first-order valence-corrected chi connectivity index (χ1v) is 10.7. The third kappa shape index (κ3) is 3.97. The number of nitrogens with zero attached hydrogens (tertiary/aromatic N) is 1. The van der Waals surface area contributed by atoms with Crippen LogP contribution in [-0.4, -0.2) is 16.8 Å². The average Bonchev–Trinajstić information content (AvgIpc) is 3.29. The van der Waals surface area contributed by atoms with Crippen LogP contribution in [0.3, 0.4) is 0 Å². The molecule has 2 aromatic carbocycles. The number of carbonyl (C=O) groups excluding carboxylic acids is 2. The Hall–Kier alpha value is -3.67. The second-order valence-corrected chi connectivity index (χ2v) is 9.37. The first-order valence-electron chi connectivity index (χ1n) is 10.7. The Morgan fingerprint density at radius 3 is 2.24 bits per heavy atom. The van der Waals surface area contributed by atoms with Gasteiger partial charge in [0.25, 0.3) is 11.7 Å². The fourth-order valence-electron chi connectivity index (χ4n) is 4.06. The van der Waals surface area contributed by atoms with Crippen LogP contribution in [0.2, 0.25) is 0 Å². The summed E-state index contributed by atoms with van der Waals surface area (Å²) in [6.07, 6.45) is 0. The molecule has 0 radical (unpaired) electrons. The lowest BCUT2D eigenvalue weighted by Gasteiger charge is -2.24. The van der Waals surface area contributed by atoms with E-state index in [-0.39, 0.29) is 16.7 Å². The highest BCUT2D eigenvalue weighted by atomic mass is 19.1. The zero-order valence-electron chi connectivity index (χ0n) is 19.3. The van der Waals surface area contributed by atoms with Crippen LogP contribution < -0.4 is 4.90 Å². The van der Waals surface area contributed by atoms with Gasteiger partial charge in [-0.25, -0.2) is 4.39 Å². The summed E-state index contributed by atoms with van der Waals surface area (Å²) in [7, 11) is 0. The van der Waals surface area contributed by atoms with Crippen molar-refractivity contribution in [2.45, 2.75) is 46.1 Å². The molecule has 0 saturated carbocycles. The summed E-state index contributed by atoms with van der Waals surface area (Å²) in [5, 5.41) is 11.4. The normalized spacial score (nSPS) is 18.2. The fraction of sp³-hybridized carbons (Fsp3) is 0.259. The highest BCUT2D eigenvalue weighted by Crippen LogP contribution is 2.43. The maximum atomic E-state index is 13.5. The van der Waals surface area contributed by atoms with Gasteiger partial charge >= 0.3 is 0 Å².